The third-order valence-electron chi connectivity index (χ3n) is 15.0. The lowest BCUT2D eigenvalue weighted by Crippen LogP contribution is -2.27. The minimum Gasteiger partial charge on any atom is -0.333 e. The van der Waals surface area contributed by atoms with Crippen molar-refractivity contribution in [2.24, 2.45) is 5.73 Å². The molecular weight excluding hydrogens is 1180 g/mol. The smallest absolute Gasteiger partial charge is 0.333 e. The van der Waals surface area contributed by atoms with E-state index < -0.39 is 6.09 Å². The molecule has 0 aliphatic carbocycles. The van der Waals surface area contributed by atoms with Crippen LogP contribution in [0.3, 0.4) is 0 Å². The average Bonchev–Trinajstić information content (AvgIpc) is 3.53. The van der Waals surface area contributed by atoms with Gasteiger partial charge in [0.1, 0.15) is 0 Å². The van der Waals surface area contributed by atoms with Crippen molar-refractivity contribution in [1.82, 2.24) is 16.0 Å². The minimum absolute atomic E-state index is 0.276. The predicted octanol–water partition coefficient (Wildman–Crippen LogP) is 17.2. The molecule has 534 valence electrons. The number of amides is 1. The molecule has 0 saturated carbocycles. The van der Waals surface area contributed by atoms with Crippen LogP contribution in [0.2, 0.25) is 0 Å². The molecule has 0 aliphatic rings. The number of hydrogen-bond donors (Lipinski definition) is 4. The van der Waals surface area contributed by atoms with Crippen LogP contribution in [0.25, 0.3) is 0 Å². The SMILES string of the molecule is CCNCCNCCCCCCNCCCCCCCCCCCCCCCCCCCCCCCCCCCCCCCCCCCCCCCCCCCCCCCCCOOOOOOOOOOOOOOOOOOOOOOOOC(N)=O. The number of carbonyl (C=O) groups is 1. The summed E-state index contributed by atoms with van der Waals surface area (Å²) in [5.41, 5.74) is 4.49. The van der Waals surface area contributed by atoms with Crippen molar-refractivity contribution in [2.75, 3.05) is 45.9 Å². The van der Waals surface area contributed by atoms with Crippen molar-refractivity contribution in [3.63, 3.8) is 0 Å². The summed E-state index contributed by atoms with van der Waals surface area (Å²) in [5, 5.41) is 91.5. The predicted molar refractivity (Wildman–Crippen MR) is 320 cm³/mol. The van der Waals surface area contributed by atoms with Gasteiger partial charge in [-0.2, -0.15) is 0 Å². The molecule has 0 unspecified atom stereocenters. The van der Waals surface area contributed by atoms with Gasteiger partial charge in [0.25, 0.3) is 0 Å². The quantitative estimate of drug-likeness (QED) is 0.0250. The first-order chi connectivity index (χ1) is 44.3. The van der Waals surface area contributed by atoms with Crippen LogP contribution in [0.4, 0.5) is 4.79 Å². The van der Waals surface area contributed by atoms with Gasteiger partial charge >= 0.3 is 6.09 Å². The van der Waals surface area contributed by atoms with Crippen LogP contribution < -0.4 is 21.7 Å². The second-order valence-corrected chi connectivity index (χ2v) is 22.6. The number of likely N-dealkylation sites (N-methyl/N-ethyl adjacent to an activating group) is 1. The first-order valence-electron chi connectivity index (χ1n) is 34.6. The molecule has 89 heavy (non-hydrogen) atoms. The van der Waals surface area contributed by atoms with Crippen LogP contribution in [0.15, 0.2) is 0 Å². The van der Waals surface area contributed by atoms with E-state index in [0.29, 0.717) is 0 Å². The zero-order valence-electron chi connectivity index (χ0n) is 54.8. The summed E-state index contributed by atoms with van der Waals surface area (Å²) in [5.74, 6) is 0. The van der Waals surface area contributed by atoms with E-state index >= 15 is 0 Å². The minimum atomic E-state index is -1.36. The first-order valence-corrected chi connectivity index (χ1v) is 34.6. The second kappa shape index (κ2) is 84.2. The van der Waals surface area contributed by atoms with E-state index in [0.717, 1.165) is 38.9 Å². The van der Waals surface area contributed by atoms with E-state index in [4.69, 9.17) is 4.89 Å². The highest BCUT2D eigenvalue weighted by Crippen LogP contribution is 2.19. The molecule has 0 aliphatic heterocycles. The summed E-state index contributed by atoms with van der Waals surface area (Å²) in [6.45, 7) is 9.27. The van der Waals surface area contributed by atoms with Crippen LogP contribution in [-0.2, 0) is 121 Å². The fourth-order valence-electron chi connectivity index (χ4n) is 10.2. The number of hydrogen-bond acceptors (Lipinski definition) is 28. The molecule has 0 aromatic rings. The van der Waals surface area contributed by atoms with Crippen molar-refractivity contribution in [1.29, 1.82) is 0 Å². The van der Waals surface area contributed by atoms with Crippen molar-refractivity contribution in [3.05, 3.63) is 0 Å². The molecule has 0 heterocycles. The fraction of sp³-hybridized carbons (Fsp3) is 0.983. The topological polar surface area (TPSA) is 301 Å². The van der Waals surface area contributed by atoms with Gasteiger partial charge in [-0.25, -0.2) is 14.6 Å². The van der Waals surface area contributed by atoms with Gasteiger partial charge in [0.2, 0.25) is 0 Å². The molecule has 0 atom stereocenters. The van der Waals surface area contributed by atoms with Crippen LogP contribution >= 0.6 is 0 Å². The Morgan fingerprint density at radius 3 is 0.596 bits per heavy atom. The monoisotopic (exact) mass is 1300 g/mol. The highest BCUT2D eigenvalue weighted by atomic mass is 18.0. The van der Waals surface area contributed by atoms with E-state index in [9.17, 15) is 4.79 Å². The van der Waals surface area contributed by atoms with Crippen LogP contribution in [-0.4, -0.2) is 52.0 Å². The lowest BCUT2D eigenvalue weighted by molar-refractivity contribution is -0.899. The van der Waals surface area contributed by atoms with Gasteiger partial charge in [0, 0.05) is 83.6 Å². The number of nitrogens with one attached hydrogen (secondary N) is 3. The van der Waals surface area contributed by atoms with Gasteiger partial charge in [-0.15, -0.1) is 0 Å². The maximum Gasteiger partial charge on any atom is 0.439 e. The largest absolute Gasteiger partial charge is 0.439 e. The molecule has 0 fully saturated rings. The Hall–Kier alpha value is -1.77. The van der Waals surface area contributed by atoms with Gasteiger partial charge in [0.15, 0.2) is 0 Å². The Labute approximate surface area is 532 Å². The summed E-state index contributed by atoms with van der Waals surface area (Å²) in [6.07, 6.45) is 69.5. The maximum absolute atomic E-state index is 10.1. The number of rotatable bonds is 84. The third kappa shape index (κ3) is 86.2. The molecule has 0 bridgehead atoms. The Kier molecular flexibility index (Phi) is 82.6. The average molecular weight is 1300 g/mol. The summed E-state index contributed by atoms with van der Waals surface area (Å²) < 4.78 is 0. The van der Waals surface area contributed by atoms with E-state index in [1.54, 1.807) is 0 Å². The number of unbranched alkanes of at least 4 members (excludes halogenated alkanes) is 49. The summed E-state index contributed by atoms with van der Waals surface area (Å²) in [4.78, 5) is 18.4. The number of carbonyl (C=O) groups excluding carboxylic acids is 1. The molecule has 1 amide bonds. The summed E-state index contributed by atoms with van der Waals surface area (Å²) in [6, 6.07) is 0. The highest BCUT2D eigenvalue weighted by molar-refractivity contribution is 5.63. The molecule has 0 aromatic carbocycles. The van der Waals surface area contributed by atoms with Gasteiger partial charge in [0.05, 0.1) is 6.61 Å². The normalized spacial score (nSPS) is 11.7. The molecular formula is C60H124N4O25. The van der Waals surface area contributed by atoms with Crippen molar-refractivity contribution < 1.29 is 125 Å². The summed E-state index contributed by atoms with van der Waals surface area (Å²) >= 11 is 0. The van der Waals surface area contributed by atoms with E-state index in [2.05, 4.69) is 144 Å². The molecule has 5 N–H and O–H groups in total. The molecule has 0 radical (unpaired) electrons. The second-order valence-electron chi connectivity index (χ2n) is 22.6. The Morgan fingerprint density at radius 2 is 0.382 bits per heavy atom. The number of nitrogens with two attached hydrogens (primary N) is 1. The van der Waals surface area contributed by atoms with Crippen molar-refractivity contribution >= 4 is 6.09 Å². The molecule has 0 aromatic heterocycles. The maximum atomic E-state index is 10.1. The van der Waals surface area contributed by atoms with E-state index in [1.807, 2.05) is 0 Å². The zero-order valence-corrected chi connectivity index (χ0v) is 54.8. The summed E-state index contributed by atoms with van der Waals surface area (Å²) in [7, 11) is 0. The van der Waals surface area contributed by atoms with Crippen LogP contribution in [0, 0.1) is 0 Å². The molecule has 0 spiro atoms. The van der Waals surface area contributed by atoms with Crippen LogP contribution in [0.5, 0.6) is 0 Å². The molecule has 29 nitrogen and oxygen atoms in total. The van der Waals surface area contributed by atoms with E-state index in [-0.39, 0.29) is 6.61 Å². The number of primary amides is 1. The van der Waals surface area contributed by atoms with Crippen molar-refractivity contribution in [2.45, 2.75) is 334 Å². The van der Waals surface area contributed by atoms with Gasteiger partial charge < -0.3 is 21.7 Å². The van der Waals surface area contributed by atoms with E-state index in [1.165, 1.54) is 328 Å². The Bertz CT molecular complexity index is 1280. The van der Waals surface area contributed by atoms with Gasteiger partial charge in [-0.1, -0.05) is 309 Å². The third-order valence-corrected chi connectivity index (χ3v) is 15.0. The van der Waals surface area contributed by atoms with Crippen LogP contribution in [0.1, 0.15) is 334 Å². The Balaban J connectivity index is 3.09. The molecule has 0 rings (SSSR count). The fourth-order valence-corrected chi connectivity index (χ4v) is 10.2. The Morgan fingerprint density at radius 1 is 0.213 bits per heavy atom. The van der Waals surface area contributed by atoms with Crippen molar-refractivity contribution in [3.8, 4) is 0 Å². The lowest BCUT2D eigenvalue weighted by atomic mass is 10.0. The van der Waals surface area contributed by atoms with Gasteiger partial charge in [-0.3, -0.25) is 0 Å². The standard InChI is InChI=1S/C60H124N4O25/c1-2-62-57-58-64-56-52-48-47-51-55-63-54-50-46-44-42-40-38-36-34-32-30-28-26-24-22-20-18-16-14-12-10-8-6-4-3-5-7-9-11-13-15-17-19-21-23-25-27-29-31-33-35-37-39-41-43-45-49-53-59-66-68-70-72-74-76-78-80-82-84-86-88-89-87-85-83-81-79-77-75-73-71-69-67-60(61)65/h62-64H,2-59H2,1H3,(H2,61,65). The zero-order chi connectivity index (χ0) is 63.7. The molecule has 29 heteroatoms. The first kappa shape index (κ1) is 87.2. The molecule has 0 saturated heterocycles. The highest BCUT2D eigenvalue weighted by Gasteiger charge is 2.05. The van der Waals surface area contributed by atoms with Gasteiger partial charge in [-0.05, 0) is 92.2 Å². The lowest BCUT2D eigenvalue weighted by Gasteiger charge is -2.06.